The summed E-state index contributed by atoms with van der Waals surface area (Å²) in [5, 5.41) is 12.8. The number of carbonyl (C=O) groups is 2. The molecule has 170 valence electrons. The molecule has 6 nitrogen and oxygen atoms in total. The first kappa shape index (κ1) is 22.8. The number of carbonyl (C=O) groups excluding carboxylic acids is 1. The van der Waals surface area contributed by atoms with Crippen molar-refractivity contribution in [2.24, 2.45) is 0 Å². The van der Waals surface area contributed by atoms with Crippen LogP contribution in [0.5, 0.6) is 0 Å². The number of hydrogen-bond donors (Lipinski definition) is 2. The third kappa shape index (κ3) is 5.01. The second kappa shape index (κ2) is 9.24. The van der Waals surface area contributed by atoms with Gasteiger partial charge in [0.25, 0.3) is 0 Å². The summed E-state index contributed by atoms with van der Waals surface area (Å²) in [6, 6.07) is 21.9. The van der Waals surface area contributed by atoms with E-state index >= 15 is 0 Å². The minimum absolute atomic E-state index is 0.0948. The van der Waals surface area contributed by atoms with Crippen molar-refractivity contribution in [3.8, 4) is 11.1 Å². The summed E-state index contributed by atoms with van der Waals surface area (Å²) in [6.45, 7) is 3.48. The standard InChI is InChI=1S/C26H26NO5P/c1-33(2,31)18-13-11-17(12-14-18)15-24(25(28)29)27-26(30)32-16-23-21-9-5-3-7-19(21)20-8-4-6-10-22(20)23/h3-14,23-24H,15-16H2,1-2H3,(H,27,30)(H,28,29)/t24-/m0/s1. The molecule has 1 aliphatic carbocycles. The minimum Gasteiger partial charge on any atom is -0.480 e. The van der Waals surface area contributed by atoms with Crippen molar-refractivity contribution in [3.63, 3.8) is 0 Å². The molecular weight excluding hydrogens is 437 g/mol. The van der Waals surface area contributed by atoms with Crippen molar-refractivity contribution >= 4 is 24.5 Å². The lowest BCUT2D eigenvalue weighted by Crippen LogP contribution is -2.42. The first-order valence-electron chi connectivity index (χ1n) is 10.7. The third-order valence-electron chi connectivity index (χ3n) is 5.93. The number of carboxylic acids is 1. The van der Waals surface area contributed by atoms with Gasteiger partial charge in [-0.15, -0.1) is 0 Å². The van der Waals surface area contributed by atoms with Gasteiger partial charge in [-0.1, -0.05) is 72.8 Å². The van der Waals surface area contributed by atoms with Gasteiger partial charge in [-0.25, -0.2) is 9.59 Å². The van der Waals surface area contributed by atoms with Crippen LogP contribution in [0.4, 0.5) is 4.79 Å². The number of hydrogen-bond acceptors (Lipinski definition) is 4. The Labute approximate surface area is 193 Å². The van der Waals surface area contributed by atoms with Crippen LogP contribution in [0.25, 0.3) is 11.1 Å². The molecule has 1 aliphatic rings. The minimum atomic E-state index is -2.39. The Balaban J connectivity index is 1.41. The molecule has 0 saturated heterocycles. The smallest absolute Gasteiger partial charge is 0.407 e. The summed E-state index contributed by atoms with van der Waals surface area (Å²) in [4.78, 5) is 24.2. The van der Waals surface area contributed by atoms with Crippen LogP contribution in [0.3, 0.4) is 0 Å². The first-order chi connectivity index (χ1) is 15.7. The van der Waals surface area contributed by atoms with Crippen molar-refractivity contribution in [1.29, 1.82) is 0 Å². The molecule has 33 heavy (non-hydrogen) atoms. The fourth-order valence-corrected chi connectivity index (χ4v) is 5.08. The Morgan fingerprint density at radius 3 is 2.00 bits per heavy atom. The van der Waals surface area contributed by atoms with Crippen LogP contribution in [0.15, 0.2) is 72.8 Å². The highest BCUT2D eigenvalue weighted by molar-refractivity contribution is 7.70. The largest absolute Gasteiger partial charge is 0.480 e. The molecule has 0 spiro atoms. The van der Waals surface area contributed by atoms with Crippen LogP contribution >= 0.6 is 7.14 Å². The maximum Gasteiger partial charge on any atom is 0.407 e. The lowest BCUT2D eigenvalue weighted by Gasteiger charge is -2.18. The predicted octanol–water partition coefficient (Wildman–Crippen LogP) is 4.47. The van der Waals surface area contributed by atoms with Gasteiger partial charge in [-0.3, -0.25) is 0 Å². The number of amides is 1. The molecule has 3 aromatic rings. The van der Waals surface area contributed by atoms with E-state index in [0.717, 1.165) is 33.1 Å². The SMILES string of the molecule is CP(C)(=O)c1ccc(C[C@H](NC(=O)OCC2c3ccccc3-c3ccccc32)C(=O)O)cc1. The molecule has 4 rings (SSSR count). The van der Waals surface area contributed by atoms with Gasteiger partial charge in [-0.2, -0.15) is 0 Å². The summed E-state index contributed by atoms with van der Waals surface area (Å²) in [6.07, 6.45) is -0.676. The van der Waals surface area contributed by atoms with Gasteiger partial charge in [0.05, 0.1) is 0 Å². The van der Waals surface area contributed by atoms with E-state index in [1.807, 2.05) is 36.4 Å². The monoisotopic (exact) mass is 463 g/mol. The van der Waals surface area contributed by atoms with Gasteiger partial charge in [0.15, 0.2) is 0 Å². The van der Waals surface area contributed by atoms with Crippen molar-refractivity contribution < 1.29 is 24.0 Å². The fourth-order valence-electron chi connectivity index (χ4n) is 4.21. The topological polar surface area (TPSA) is 92.7 Å². The van der Waals surface area contributed by atoms with Crippen LogP contribution in [-0.2, 0) is 20.5 Å². The zero-order chi connectivity index (χ0) is 23.6. The second-order valence-electron chi connectivity index (χ2n) is 8.58. The number of aliphatic carboxylic acids is 1. The Kier molecular flexibility index (Phi) is 6.39. The lowest BCUT2D eigenvalue weighted by atomic mass is 9.98. The molecule has 0 bridgehead atoms. The van der Waals surface area contributed by atoms with Gasteiger partial charge < -0.3 is 19.7 Å². The number of benzene rings is 3. The van der Waals surface area contributed by atoms with Crippen molar-refractivity contribution in [2.75, 3.05) is 19.9 Å². The molecular formula is C26H26NO5P. The van der Waals surface area contributed by atoms with Crippen LogP contribution in [0, 0.1) is 0 Å². The van der Waals surface area contributed by atoms with Crippen LogP contribution in [-0.4, -0.2) is 43.1 Å². The Morgan fingerprint density at radius 2 is 1.48 bits per heavy atom. The maximum atomic E-state index is 12.5. The van der Waals surface area contributed by atoms with Gasteiger partial charge in [0.2, 0.25) is 0 Å². The van der Waals surface area contributed by atoms with Crippen LogP contribution in [0.1, 0.15) is 22.6 Å². The first-order valence-corrected chi connectivity index (χ1v) is 13.3. The fraction of sp³-hybridized carbons (Fsp3) is 0.231. The second-order valence-corrected chi connectivity index (χ2v) is 11.8. The predicted molar refractivity (Wildman–Crippen MR) is 129 cm³/mol. The summed E-state index contributed by atoms with van der Waals surface area (Å²) < 4.78 is 17.6. The Bertz CT molecular complexity index is 1190. The number of alkyl carbamates (subject to hydrolysis) is 1. The van der Waals surface area contributed by atoms with Gasteiger partial charge >= 0.3 is 12.1 Å². The Hall–Kier alpha value is -3.37. The summed E-state index contributed by atoms with van der Waals surface area (Å²) in [5.41, 5.74) is 5.14. The number of ether oxygens (including phenoxy) is 1. The number of carboxylic acid groups (broad SMARTS) is 1. The molecule has 0 saturated carbocycles. The van der Waals surface area contributed by atoms with E-state index in [1.54, 1.807) is 37.6 Å². The molecule has 3 aromatic carbocycles. The average Bonchev–Trinajstić information content (AvgIpc) is 3.11. The maximum absolute atomic E-state index is 12.5. The highest BCUT2D eigenvalue weighted by atomic mass is 31.2. The quantitative estimate of drug-likeness (QED) is 0.505. The van der Waals surface area contributed by atoms with Gasteiger partial charge in [0, 0.05) is 17.6 Å². The summed E-state index contributed by atoms with van der Waals surface area (Å²) in [5.74, 6) is -1.25. The highest BCUT2D eigenvalue weighted by Gasteiger charge is 2.29. The molecule has 0 fully saturated rings. The molecule has 0 aliphatic heterocycles. The highest BCUT2D eigenvalue weighted by Crippen LogP contribution is 2.44. The van der Waals surface area contributed by atoms with Crippen LogP contribution in [0.2, 0.25) is 0 Å². The summed E-state index contributed by atoms with van der Waals surface area (Å²) >= 11 is 0. The normalized spacial score (nSPS) is 13.6. The number of rotatable bonds is 7. The van der Waals surface area contributed by atoms with E-state index in [2.05, 4.69) is 17.4 Å². The van der Waals surface area contributed by atoms with E-state index < -0.39 is 25.2 Å². The van der Waals surface area contributed by atoms with E-state index in [4.69, 9.17) is 4.74 Å². The number of fused-ring (bicyclic) bond motifs is 3. The molecule has 0 heterocycles. The van der Waals surface area contributed by atoms with Crippen molar-refractivity contribution in [2.45, 2.75) is 18.4 Å². The van der Waals surface area contributed by atoms with E-state index in [1.165, 1.54) is 0 Å². The Morgan fingerprint density at radius 1 is 0.939 bits per heavy atom. The number of nitrogens with one attached hydrogen (secondary N) is 1. The zero-order valence-electron chi connectivity index (χ0n) is 18.5. The average molecular weight is 463 g/mol. The molecule has 0 radical (unpaired) electrons. The van der Waals surface area contributed by atoms with E-state index in [9.17, 15) is 19.3 Å². The van der Waals surface area contributed by atoms with Crippen LogP contribution < -0.4 is 10.6 Å². The molecule has 0 unspecified atom stereocenters. The zero-order valence-corrected chi connectivity index (χ0v) is 19.4. The molecule has 1 atom stereocenters. The molecule has 1 amide bonds. The lowest BCUT2D eigenvalue weighted by molar-refractivity contribution is -0.139. The third-order valence-corrected chi connectivity index (χ3v) is 7.47. The molecule has 7 heteroatoms. The van der Waals surface area contributed by atoms with Gasteiger partial charge in [0.1, 0.15) is 19.8 Å². The van der Waals surface area contributed by atoms with Gasteiger partial charge in [-0.05, 0) is 41.1 Å². The van der Waals surface area contributed by atoms with Crippen molar-refractivity contribution in [3.05, 3.63) is 89.5 Å². The van der Waals surface area contributed by atoms with E-state index in [-0.39, 0.29) is 18.9 Å². The summed E-state index contributed by atoms with van der Waals surface area (Å²) in [7, 11) is -2.39. The molecule has 2 N–H and O–H groups in total. The van der Waals surface area contributed by atoms with E-state index in [0.29, 0.717) is 0 Å². The van der Waals surface area contributed by atoms with Crippen molar-refractivity contribution in [1.82, 2.24) is 5.32 Å². The molecule has 0 aromatic heterocycles.